The van der Waals surface area contributed by atoms with E-state index in [1.807, 2.05) is 12.1 Å². The van der Waals surface area contributed by atoms with Gasteiger partial charge < -0.3 is 4.90 Å². The van der Waals surface area contributed by atoms with Crippen LogP contribution < -0.4 is 4.90 Å². The molecule has 0 N–H and O–H groups in total. The molecule has 1 aromatic rings. The van der Waals surface area contributed by atoms with E-state index in [4.69, 9.17) is 0 Å². The summed E-state index contributed by atoms with van der Waals surface area (Å²) in [6, 6.07) is 5.27. The van der Waals surface area contributed by atoms with Gasteiger partial charge in [-0.1, -0.05) is 22.9 Å². The third-order valence-electron chi connectivity index (χ3n) is 3.13. The largest absolute Gasteiger partial charge is 0.366 e. The lowest BCUT2D eigenvalue weighted by molar-refractivity contribution is -0.384. The van der Waals surface area contributed by atoms with Crippen LogP contribution in [0.15, 0.2) is 22.7 Å². The van der Waals surface area contributed by atoms with E-state index in [-0.39, 0.29) is 10.6 Å². The molecule has 0 aliphatic carbocycles. The first-order chi connectivity index (χ1) is 8.08. The van der Waals surface area contributed by atoms with Crippen LogP contribution in [0.4, 0.5) is 11.4 Å². The van der Waals surface area contributed by atoms with Crippen molar-refractivity contribution in [3.05, 3.63) is 32.8 Å². The van der Waals surface area contributed by atoms with Crippen LogP contribution in [-0.2, 0) is 0 Å². The van der Waals surface area contributed by atoms with Gasteiger partial charge in [-0.25, -0.2) is 0 Å². The molecule has 0 bridgehead atoms. The summed E-state index contributed by atoms with van der Waals surface area (Å²) in [6.45, 7) is 4.01. The van der Waals surface area contributed by atoms with Gasteiger partial charge in [0.15, 0.2) is 0 Å². The SMILES string of the molecule is CC1CCCN(c2ccc(Br)cc2[N+](=O)[O-])C1. The summed E-state index contributed by atoms with van der Waals surface area (Å²) >= 11 is 3.28. The van der Waals surface area contributed by atoms with E-state index in [9.17, 15) is 10.1 Å². The number of benzene rings is 1. The van der Waals surface area contributed by atoms with Crippen molar-refractivity contribution in [3.63, 3.8) is 0 Å². The molecule has 4 nitrogen and oxygen atoms in total. The van der Waals surface area contributed by atoms with Crippen molar-refractivity contribution in [2.75, 3.05) is 18.0 Å². The Morgan fingerprint density at radius 3 is 2.94 bits per heavy atom. The van der Waals surface area contributed by atoms with Gasteiger partial charge in [0.25, 0.3) is 5.69 Å². The molecule has 0 aromatic heterocycles. The van der Waals surface area contributed by atoms with E-state index < -0.39 is 0 Å². The third-order valence-corrected chi connectivity index (χ3v) is 3.63. The Balaban J connectivity index is 2.33. The van der Waals surface area contributed by atoms with Crippen LogP contribution in [0.1, 0.15) is 19.8 Å². The molecular weight excluding hydrogens is 284 g/mol. The van der Waals surface area contributed by atoms with Crippen LogP contribution in [0.2, 0.25) is 0 Å². The molecule has 1 aromatic carbocycles. The van der Waals surface area contributed by atoms with Crippen LogP contribution in [0.25, 0.3) is 0 Å². The number of hydrogen-bond donors (Lipinski definition) is 0. The zero-order valence-electron chi connectivity index (χ0n) is 9.73. The van der Waals surface area contributed by atoms with Gasteiger partial charge in [-0.15, -0.1) is 0 Å². The van der Waals surface area contributed by atoms with Crippen LogP contribution in [0.3, 0.4) is 0 Å². The average Bonchev–Trinajstić information content (AvgIpc) is 2.28. The van der Waals surface area contributed by atoms with Crippen molar-refractivity contribution in [1.82, 2.24) is 0 Å². The second kappa shape index (κ2) is 5.04. The first kappa shape index (κ1) is 12.4. The van der Waals surface area contributed by atoms with Crippen LogP contribution >= 0.6 is 15.9 Å². The minimum absolute atomic E-state index is 0.188. The number of piperidine rings is 1. The van der Waals surface area contributed by atoms with Gasteiger partial charge in [0, 0.05) is 23.6 Å². The molecule has 0 radical (unpaired) electrons. The van der Waals surface area contributed by atoms with E-state index in [2.05, 4.69) is 27.8 Å². The molecule has 0 saturated carbocycles. The standard InChI is InChI=1S/C12H15BrN2O2/c1-9-3-2-6-14(8-9)11-5-4-10(13)7-12(11)15(16)17/h4-5,7,9H,2-3,6,8H2,1H3. The number of nitro benzene ring substituents is 1. The fourth-order valence-corrected chi connectivity index (χ4v) is 2.67. The normalized spacial score (nSPS) is 20.4. The number of nitro groups is 1. The maximum Gasteiger partial charge on any atom is 0.293 e. The second-order valence-corrected chi connectivity index (χ2v) is 5.50. The summed E-state index contributed by atoms with van der Waals surface area (Å²) in [5.41, 5.74) is 0.929. The third kappa shape index (κ3) is 2.77. The maximum atomic E-state index is 11.1. The molecule has 0 spiro atoms. The molecule has 1 atom stereocenters. The first-order valence-electron chi connectivity index (χ1n) is 5.77. The number of rotatable bonds is 2. The Morgan fingerprint density at radius 1 is 1.53 bits per heavy atom. The van der Waals surface area contributed by atoms with E-state index in [0.717, 1.165) is 29.7 Å². The molecule has 1 aliphatic rings. The Kier molecular flexibility index (Phi) is 3.66. The predicted molar refractivity (Wildman–Crippen MR) is 71.4 cm³/mol. The number of hydrogen-bond acceptors (Lipinski definition) is 3. The summed E-state index contributed by atoms with van der Waals surface area (Å²) < 4.78 is 0.748. The van der Waals surface area contributed by atoms with Gasteiger partial charge in [0.2, 0.25) is 0 Å². The lowest BCUT2D eigenvalue weighted by Gasteiger charge is -2.32. The highest BCUT2D eigenvalue weighted by Gasteiger charge is 2.23. The first-order valence-corrected chi connectivity index (χ1v) is 6.56. The maximum absolute atomic E-state index is 11.1. The van der Waals surface area contributed by atoms with Crippen molar-refractivity contribution in [1.29, 1.82) is 0 Å². The average molecular weight is 299 g/mol. The minimum Gasteiger partial charge on any atom is -0.366 e. The molecule has 2 rings (SSSR count). The lowest BCUT2D eigenvalue weighted by Crippen LogP contribution is -2.34. The zero-order valence-corrected chi connectivity index (χ0v) is 11.3. The van der Waals surface area contributed by atoms with Gasteiger partial charge >= 0.3 is 0 Å². The van der Waals surface area contributed by atoms with Crippen LogP contribution in [-0.4, -0.2) is 18.0 Å². The fraction of sp³-hybridized carbons (Fsp3) is 0.500. The van der Waals surface area contributed by atoms with E-state index in [1.165, 1.54) is 6.42 Å². The second-order valence-electron chi connectivity index (χ2n) is 4.58. The number of nitrogens with zero attached hydrogens (tertiary/aromatic N) is 2. The zero-order chi connectivity index (χ0) is 12.4. The molecule has 1 unspecified atom stereocenters. The highest BCUT2D eigenvalue weighted by Crippen LogP contribution is 2.33. The highest BCUT2D eigenvalue weighted by atomic mass is 79.9. The lowest BCUT2D eigenvalue weighted by atomic mass is 9.99. The van der Waals surface area contributed by atoms with E-state index >= 15 is 0 Å². The molecule has 1 heterocycles. The molecule has 1 aliphatic heterocycles. The van der Waals surface area contributed by atoms with E-state index in [0.29, 0.717) is 5.92 Å². The Labute approximate surface area is 109 Å². The molecule has 1 fully saturated rings. The molecule has 5 heteroatoms. The molecule has 92 valence electrons. The van der Waals surface area contributed by atoms with Gasteiger partial charge in [-0.3, -0.25) is 10.1 Å². The van der Waals surface area contributed by atoms with E-state index in [1.54, 1.807) is 6.07 Å². The molecule has 1 saturated heterocycles. The van der Waals surface area contributed by atoms with Crippen LogP contribution in [0, 0.1) is 16.0 Å². The fourth-order valence-electron chi connectivity index (χ4n) is 2.32. The topological polar surface area (TPSA) is 46.4 Å². The van der Waals surface area contributed by atoms with Crippen molar-refractivity contribution < 1.29 is 4.92 Å². The highest BCUT2D eigenvalue weighted by molar-refractivity contribution is 9.10. The Hall–Kier alpha value is -1.10. The monoisotopic (exact) mass is 298 g/mol. The van der Waals surface area contributed by atoms with Gasteiger partial charge in [-0.2, -0.15) is 0 Å². The van der Waals surface area contributed by atoms with Crippen LogP contribution in [0.5, 0.6) is 0 Å². The summed E-state index contributed by atoms with van der Waals surface area (Å²) in [4.78, 5) is 12.9. The molecule has 17 heavy (non-hydrogen) atoms. The Morgan fingerprint density at radius 2 is 2.29 bits per heavy atom. The summed E-state index contributed by atoms with van der Waals surface area (Å²) in [7, 11) is 0. The number of anilines is 1. The molecule has 0 amide bonds. The van der Waals surface area contributed by atoms with Crippen molar-refractivity contribution in [3.8, 4) is 0 Å². The van der Waals surface area contributed by atoms with Gasteiger partial charge in [0.05, 0.1) is 4.92 Å². The summed E-state index contributed by atoms with van der Waals surface area (Å²) in [5, 5.41) is 11.1. The van der Waals surface area contributed by atoms with Crippen molar-refractivity contribution >= 4 is 27.3 Å². The number of halogens is 1. The Bertz CT molecular complexity index is 437. The quantitative estimate of drug-likeness (QED) is 0.619. The van der Waals surface area contributed by atoms with Gasteiger partial charge in [-0.05, 0) is 30.9 Å². The van der Waals surface area contributed by atoms with Gasteiger partial charge in [0.1, 0.15) is 5.69 Å². The van der Waals surface area contributed by atoms with Crippen molar-refractivity contribution in [2.24, 2.45) is 5.92 Å². The summed E-state index contributed by atoms with van der Waals surface area (Å²) in [5.74, 6) is 0.604. The smallest absolute Gasteiger partial charge is 0.293 e. The molecular formula is C12H15BrN2O2. The minimum atomic E-state index is -0.306. The summed E-state index contributed by atoms with van der Waals surface area (Å²) in [6.07, 6.45) is 2.31. The predicted octanol–water partition coefficient (Wildman–Crippen LogP) is 3.59. The van der Waals surface area contributed by atoms with Crippen molar-refractivity contribution in [2.45, 2.75) is 19.8 Å².